The Hall–Kier alpha value is -0.760. The van der Waals surface area contributed by atoms with E-state index in [1.807, 2.05) is 6.26 Å². The second kappa shape index (κ2) is 7.31. The molecule has 1 aromatic heterocycles. The third-order valence-corrected chi connectivity index (χ3v) is 4.81. The van der Waals surface area contributed by atoms with Crippen LogP contribution in [0.4, 0.5) is 0 Å². The van der Waals surface area contributed by atoms with Crippen molar-refractivity contribution in [1.29, 1.82) is 0 Å². The molecule has 1 saturated carbocycles. The minimum Gasteiger partial charge on any atom is -0.472 e. The first-order chi connectivity index (χ1) is 9.66. The van der Waals surface area contributed by atoms with Crippen LogP contribution >= 0.6 is 0 Å². The molecule has 0 bridgehead atoms. The molecule has 0 saturated heterocycles. The topological polar surface area (TPSA) is 25.2 Å². The fraction of sp³-hybridized carbons (Fsp3) is 0.778. The van der Waals surface area contributed by atoms with Gasteiger partial charge in [-0.15, -0.1) is 0 Å². The molecule has 0 aromatic carbocycles. The summed E-state index contributed by atoms with van der Waals surface area (Å²) in [6.07, 6.45) is 13.0. The molecule has 1 heterocycles. The smallest absolute Gasteiger partial charge is 0.0935 e. The Morgan fingerprint density at radius 1 is 1.30 bits per heavy atom. The Morgan fingerprint density at radius 3 is 2.60 bits per heavy atom. The highest BCUT2D eigenvalue weighted by Gasteiger charge is 2.41. The van der Waals surface area contributed by atoms with E-state index in [9.17, 15) is 0 Å². The van der Waals surface area contributed by atoms with E-state index in [1.54, 1.807) is 6.26 Å². The quantitative estimate of drug-likeness (QED) is 0.738. The summed E-state index contributed by atoms with van der Waals surface area (Å²) in [4.78, 5) is 0. The Bertz CT molecular complexity index is 363. The first-order valence-corrected chi connectivity index (χ1v) is 8.41. The molecule has 20 heavy (non-hydrogen) atoms. The second-order valence-electron chi connectivity index (χ2n) is 7.01. The molecule has 1 aliphatic rings. The van der Waals surface area contributed by atoms with Crippen LogP contribution in [0.1, 0.15) is 64.9 Å². The lowest BCUT2D eigenvalue weighted by Crippen LogP contribution is -2.46. The molecule has 1 aromatic rings. The zero-order valence-electron chi connectivity index (χ0n) is 13.5. The lowest BCUT2D eigenvalue weighted by atomic mass is 9.71. The van der Waals surface area contributed by atoms with Gasteiger partial charge in [-0.2, -0.15) is 0 Å². The fourth-order valence-electron chi connectivity index (χ4n) is 4.06. The summed E-state index contributed by atoms with van der Waals surface area (Å²) in [6.45, 7) is 8.12. The maximum Gasteiger partial charge on any atom is 0.0935 e. The molecule has 2 rings (SSSR count). The van der Waals surface area contributed by atoms with Crippen LogP contribution in [0.5, 0.6) is 0 Å². The average Bonchev–Trinajstić information content (AvgIpc) is 3.05. The number of rotatable bonds is 8. The normalized spacial score (nSPS) is 19.6. The van der Waals surface area contributed by atoms with E-state index >= 15 is 0 Å². The molecule has 0 spiro atoms. The summed E-state index contributed by atoms with van der Waals surface area (Å²) < 4.78 is 5.27. The van der Waals surface area contributed by atoms with E-state index in [1.165, 1.54) is 44.1 Å². The molecule has 1 N–H and O–H groups in total. The van der Waals surface area contributed by atoms with Crippen molar-refractivity contribution in [2.24, 2.45) is 11.3 Å². The van der Waals surface area contributed by atoms with Crippen molar-refractivity contribution < 1.29 is 4.42 Å². The minimum absolute atomic E-state index is 0.501. The second-order valence-corrected chi connectivity index (χ2v) is 7.01. The highest BCUT2D eigenvalue weighted by molar-refractivity contribution is 5.10. The molecule has 1 aliphatic carbocycles. The monoisotopic (exact) mass is 277 g/mol. The number of furan rings is 1. The Morgan fingerprint density at radius 2 is 2.05 bits per heavy atom. The van der Waals surface area contributed by atoms with Crippen LogP contribution in [0, 0.1) is 11.3 Å². The van der Waals surface area contributed by atoms with E-state index in [2.05, 4.69) is 32.2 Å². The zero-order valence-corrected chi connectivity index (χ0v) is 13.5. The van der Waals surface area contributed by atoms with Crippen LogP contribution in [-0.4, -0.2) is 12.6 Å². The summed E-state index contributed by atoms with van der Waals surface area (Å²) in [5, 5.41) is 3.85. The lowest BCUT2D eigenvalue weighted by Gasteiger charge is -2.40. The van der Waals surface area contributed by atoms with Crippen molar-refractivity contribution in [2.75, 3.05) is 6.54 Å². The summed E-state index contributed by atoms with van der Waals surface area (Å²) in [7, 11) is 0. The van der Waals surface area contributed by atoms with Gasteiger partial charge in [-0.1, -0.05) is 33.6 Å². The van der Waals surface area contributed by atoms with Gasteiger partial charge in [0.25, 0.3) is 0 Å². The lowest BCUT2D eigenvalue weighted by molar-refractivity contribution is 0.154. The third-order valence-electron chi connectivity index (χ3n) is 4.81. The van der Waals surface area contributed by atoms with Gasteiger partial charge in [0.2, 0.25) is 0 Å². The van der Waals surface area contributed by atoms with Gasteiger partial charge in [0.1, 0.15) is 0 Å². The highest BCUT2D eigenvalue weighted by atomic mass is 16.3. The first-order valence-electron chi connectivity index (χ1n) is 8.41. The predicted molar refractivity (Wildman–Crippen MR) is 84.8 cm³/mol. The standard InChI is InChI=1S/C18H31NO/c1-4-10-19-17(12-16-7-11-20-14-16)18(13-15(2)3)8-5-6-9-18/h7,11,14-15,17,19H,4-6,8-10,12-13H2,1-3H3. The summed E-state index contributed by atoms with van der Waals surface area (Å²) in [5.41, 5.74) is 1.84. The van der Waals surface area contributed by atoms with Crippen LogP contribution in [0.25, 0.3) is 0 Å². The fourth-order valence-corrected chi connectivity index (χ4v) is 4.06. The van der Waals surface area contributed by atoms with Crippen molar-refractivity contribution in [3.05, 3.63) is 24.2 Å². The van der Waals surface area contributed by atoms with Crippen molar-refractivity contribution in [3.8, 4) is 0 Å². The number of nitrogens with one attached hydrogen (secondary N) is 1. The molecule has 1 unspecified atom stereocenters. The summed E-state index contributed by atoms with van der Waals surface area (Å²) in [6, 6.07) is 2.73. The number of hydrogen-bond acceptors (Lipinski definition) is 2. The largest absolute Gasteiger partial charge is 0.472 e. The molecule has 1 atom stereocenters. The summed E-state index contributed by atoms with van der Waals surface area (Å²) >= 11 is 0. The SMILES string of the molecule is CCCNC(Cc1ccoc1)C1(CC(C)C)CCCC1. The molecule has 2 heteroatoms. The maximum atomic E-state index is 5.27. The third kappa shape index (κ3) is 3.88. The van der Waals surface area contributed by atoms with Gasteiger partial charge < -0.3 is 9.73 Å². The molecule has 2 nitrogen and oxygen atoms in total. The van der Waals surface area contributed by atoms with Crippen LogP contribution in [0.3, 0.4) is 0 Å². The molecule has 1 fully saturated rings. The molecular weight excluding hydrogens is 246 g/mol. The van der Waals surface area contributed by atoms with Gasteiger partial charge >= 0.3 is 0 Å². The van der Waals surface area contributed by atoms with Crippen molar-refractivity contribution in [1.82, 2.24) is 5.32 Å². The minimum atomic E-state index is 0.501. The van der Waals surface area contributed by atoms with Crippen LogP contribution in [0.2, 0.25) is 0 Å². The molecule has 0 radical (unpaired) electrons. The first kappa shape index (κ1) is 15.6. The van der Waals surface area contributed by atoms with E-state index in [4.69, 9.17) is 4.42 Å². The van der Waals surface area contributed by atoms with E-state index < -0.39 is 0 Å². The molecular formula is C18H31NO. The van der Waals surface area contributed by atoms with Gasteiger partial charge in [0.15, 0.2) is 0 Å². The van der Waals surface area contributed by atoms with Gasteiger partial charge in [0, 0.05) is 6.04 Å². The Kier molecular flexibility index (Phi) is 5.71. The summed E-state index contributed by atoms with van der Waals surface area (Å²) in [5.74, 6) is 0.781. The molecule has 114 valence electrons. The predicted octanol–water partition coefficient (Wildman–Crippen LogP) is 4.80. The molecule has 0 aliphatic heterocycles. The van der Waals surface area contributed by atoms with E-state index in [0.717, 1.165) is 18.9 Å². The van der Waals surface area contributed by atoms with Crippen LogP contribution in [-0.2, 0) is 6.42 Å². The van der Waals surface area contributed by atoms with Crippen LogP contribution in [0.15, 0.2) is 23.0 Å². The highest BCUT2D eigenvalue weighted by Crippen LogP contribution is 2.46. The number of hydrogen-bond donors (Lipinski definition) is 1. The van der Waals surface area contributed by atoms with Gasteiger partial charge in [-0.3, -0.25) is 0 Å². The maximum absolute atomic E-state index is 5.27. The van der Waals surface area contributed by atoms with Crippen molar-refractivity contribution in [2.45, 2.75) is 71.8 Å². The van der Waals surface area contributed by atoms with Crippen LogP contribution < -0.4 is 5.32 Å². The van der Waals surface area contributed by atoms with E-state index in [-0.39, 0.29) is 0 Å². The van der Waals surface area contributed by atoms with Gasteiger partial charge in [0.05, 0.1) is 12.5 Å². The van der Waals surface area contributed by atoms with Crippen molar-refractivity contribution >= 4 is 0 Å². The molecule has 0 amide bonds. The zero-order chi connectivity index (χ0) is 14.4. The van der Waals surface area contributed by atoms with Gasteiger partial charge in [-0.25, -0.2) is 0 Å². The van der Waals surface area contributed by atoms with Gasteiger partial charge in [-0.05, 0) is 61.6 Å². The van der Waals surface area contributed by atoms with Crippen molar-refractivity contribution in [3.63, 3.8) is 0 Å². The van der Waals surface area contributed by atoms with E-state index in [0.29, 0.717) is 11.5 Å². The Labute approximate surface area is 124 Å². The average molecular weight is 277 g/mol. The Balaban J connectivity index is 2.13.